The molecule has 106 valence electrons. The zero-order chi connectivity index (χ0) is 14.6. The van der Waals surface area contributed by atoms with Gasteiger partial charge in [0, 0.05) is 17.2 Å². The van der Waals surface area contributed by atoms with Crippen molar-refractivity contribution in [2.75, 3.05) is 6.54 Å². The van der Waals surface area contributed by atoms with E-state index in [0.717, 1.165) is 18.4 Å². The van der Waals surface area contributed by atoms with E-state index in [1.165, 1.54) is 6.42 Å². The minimum Gasteiger partial charge on any atom is -0.349 e. The van der Waals surface area contributed by atoms with Gasteiger partial charge in [-0.25, -0.2) is 0 Å². The average molecular weight is 270 g/mol. The highest BCUT2D eigenvalue weighted by molar-refractivity contribution is 5.94. The largest absolute Gasteiger partial charge is 0.349 e. The van der Waals surface area contributed by atoms with E-state index in [9.17, 15) is 4.79 Å². The van der Waals surface area contributed by atoms with Gasteiger partial charge in [-0.3, -0.25) is 4.79 Å². The second kappa shape index (κ2) is 6.11. The monoisotopic (exact) mass is 270 g/mol. The summed E-state index contributed by atoms with van der Waals surface area (Å²) in [6.07, 6.45) is 3.27. The van der Waals surface area contributed by atoms with Gasteiger partial charge in [0.15, 0.2) is 0 Å². The molecule has 0 saturated heterocycles. The van der Waals surface area contributed by atoms with E-state index in [1.807, 2.05) is 24.3 Å². The van der Waals surface area contributed by atoms with Crippen LogP contribution in [-0.4, -0.2) is 18.5 Å². The lowest BCUT2D eigenvalue weighted by atomic mass is 9.92. The molecule has 0 radical (unpaired) electrons. The van der Waals surface area contributed by atoms with Crippen LogP contribution in [0.5, 0.6) is 0 Å². The number of benzene rings is 1. The summed E-state index contributed by atoms with van der Waals surface area (Å²) in [4.78, 5) is 12.3. The first-order valence-electron chi connectivity index (χ1n) is 7.10. The molecule has 1 fully saturated rings. The van der Waals surface area contributed by atoms with Gasteiger partial charge in [-0.15, -0.1) is 0 Å². The van der Waals surface area contributed by atoms with Crippen LogP contribution in [0, 0.1) is 17.3 Å². The highest BCUT2D eigenvalue weighted by atomic mass is 16.1. The number of nitrogens with one attached hydrogen (secondary N) is 1. The summed E-state index contributed by atoms with van der Waals surface area (Å²) in [5, 5.41) is 3.12. The summed E-state index contributed by atoms with van der Waals surface area (Å²) in [5.41, 5.74) is 7.19. The van der Waals surface area contributed by atoms with Crippen LogP contribution in [0.2, 0.25) is 0 Å². The molecule has 0 heterocycles. The van der Waals surface area contributed by atoms with Crippen LogP contribution in [0.25, 0.3) is 0 Å². The van der Waals surface area contributed by atoms with Crippen LogP contribution in [0.3, 0.4) is 0 Å². The van der Waals surface area contributed by atoms with Crippen LogP contribution in [0.1, 0.15) is 49.0 Å². The van der Waals surface area contributed by atoms with Crippen molar-refractivity contribution in [2.24, 2.45) is 11.1 Å². The molecule has 1 aromatic carbocycles. The van der Waals surface area contributed by atoms with E-state index < -0.39 is 0 Å². The molecule has 1 aromatic rings. The van der Waals surface area contributed by atoms with E-state index in [2.05, 4.69) is 31.0 Å². The molecule has 1 unspecified atom stereocenters. The Morgan fingerprint density at radius 2 is 2.30 bits per heavy atom. The molecule has 0 bridgehead atoms. The maximum absolute atomic E-state index is 12.3. The molecule has 1 aliphatic carbocycles. The fourth-order valence-electron chi connectivity index (χ4n) is 2.72. The first kappa shape index (κ1) is 14.6. The highest BCUT2D eigenvalue weighted by Crippen LogP contribution is 2.36. The quantitative estimate of drug-likeness (QED) is 0.810. The number of hydrogen-bond acceptors (Lipinski definition) is 2. The van der Waals surface area contributed by atoms with E-state index in [4.69, 9.17) is 5.73 Å². The third-order valence-electron chi connectivity index (χ3n) is 3.76. The number of hydrogen-bond donors (Lipinski definition) is 2. The standard InChI is InChI=1S/C17H22N2O/c1-17(2)9-8-15(12-17)19-16(20)14-7-3-5-13(11-14)6-4-10-18/h3,5,7,11,15H,8-10,12,18H2,1-2H3,(H,19,20). The van der Waals surface area contributed by atoms with Crippen molar-refractivity contribution in [1.82, 2.24) is 5.32 Å². The van der Waals surface area contributed by atoms with Gasteiger partial charge in [0.05, 0.1) is 6.54 Å². The smallest absolute Gasteiger partial charge is 0.251 e. The number of rotatable bonds is 2. The summed E-state index contributed by atoms with van der Waals surface area (Å²) in [6.45, 7) is 4.83. The summed E-state index contributed by atoms with van der Waals surface area (Å²) in [6, 6.07) is 7.67. The van der Waals surface area contributed by atoms with Gasteiger partial charge in [0.2, 0.25) is 0 Å². The maximum Gasteiger partial charge on any atom is 0.251 e. The normalized spacial score (nSPS) is 20.1. The fourth-order valence-corrected chi connectivity index (χ4v) is 2.72. The van der Waals surface area contributed by atoms with Crippen LogP contribution in [-0.2, 0) is 0 Å². The molecule has 20 heavy (non-hydrogen) atoms. The molecule has 2 rings (SSSR count). The minimum atomic E-state index is -0.0101. The average Bonchev–Trinajstić information content (AvgIpc) is 2.76. The summed E-state index contributed by atoms with van der Waals surface area (Å²) in [5.74, 6) is 5.74. The number of amides is 1. The third-order valence-corrected chi connectivity index (χ3v) is 3.76. The first-order chi connectivity index (χ1) is 9.50. The molecule has 1 atom stereocenters. The summed E-state index contributed by atoms with van der Waals surface area (Å²) >= 11 is 0. The van der Waals surface area contributed by atoms with E-state index >= 15 is 0 Å². The molecule has 1 saturated carbocycles. The second-order valence-electron chi connectivity index (χ2n) is 6.16. The SMILES string of the molecule is CC1(C)CCC(NC(=O)c2cccc(C#CCN)c2)C1. The van der Waals surface area contributed by atoms with Gasteiger partial charge in [0.25, 0.3) is 5.91 Å². The first-order valence-corrected chi connectivity index (χ1v) is 7.10. The zero-order valence-electron chi connectivity index (χ0n) is 12.2. The number of carbonyl (C=O) groups excluding carboxylic acids is 1. The Morgan fingerprint density at radius 1 is 1.50 bits per heavy atom. The van der Waals surface area contributed by atoms with Crippen LogP contribution in [0.4, 0.5) is 0 Å². The Kier molecular flexibility index (Phi) is 4.46. The van der Waals surface area contributed by atoms with Crippen LogP contribution < -0.4 is 11.1 Å². The Labute approximate surface area is 120 Å². The van der Waals surface area contributed by atoms with Crippen molar-refractivity contribution in [2.45, 2.75) is 39.2 Å². The van der Waals surface area contributed by atoms with Crippen molar-refractivity contribution in [1.29, 1.82) is 0 Å². The lowest BCUT2D eigenvalue weighted by Crippen LogP contribution is -2.33. The number of nitrogens with two attached hydrogens (primary N) is 1. The third kappa shape index (κ3) is 3.85. The second-order valence-corrected chi connectivity index (χ2v) is 6.16. The summed E-state index contributed by atoms with van der Waals surface area (Å²) < 4.78 is 0. The van der Waals surface area contributed by atoms with E-state index in [1.54, 1.807) is 0 Å². The molecule has 3 N–H and O–H groups in total. The molecule has 1 amide bonds. The number of carbonyl (C=O) groups is 1. The van der Waals surface area contributed by atoms with Gasteiger partial charge < -0.3 is 11.1 Å². The van der Waals surface area contributed by atoms with Crippen LogP contribution in [0.15, 0.2) is 24.3 Å². The van der Waals surface area contributed by atoms with Crippen molar-refractivity contribution < 1.29 is 4.79 Å². The van der Waals surface area contributed by atoms with Gasteiger partial charge in [-0.1, -0.05) is 31.8 Å². The zero-order valence-corrected chi connectivity index (χ0v) is 12.2. The van der Waals surface area contributed by atoms with Crippen LogP contribution >= 0.6 is 0 Å². The minimum absolute atomic E-state index is 0.0101. The van der Waals surface area contributed by atoms with Crippen molar-refractivity contribution in [3.05, 3.63) is 35.4 Å². The predicted octanol–water partition coefficient (Wildman–Crippen LogP) is 2.31. The fraction of sp³-hybridized carbons (Fsp3) is 0.471. The molecule has 0 spiro atoms. The Balaban J connectivity index is 2.02. The Morgan fingerprint density at radius 3 is 2.95 bits per heavy atom. The van der Waals surface area contributed by atoms with E-state index in [0.29, 0.717) is 17.5 Å². The molecular weight excluding hydrogens is 248 g/mol. The van der Waals surface area contributed by atoms with Crippen molar-refractivity contribution in [3.8, 4) is 11.8 Å². The molecule has 1 aliphatic rings. The predicted molar refractivity (Wildman–Crippen MR) is 81.3 cm³/mol. The lowest BCUT2D eigenvalue weighted by Gasteiger charge is -2.17. The highest BCUT2D eigenvalue weighted by Gasteiger charge is 2.31. The Bertz CT molecular complexity index is 552. The molecule has 0 aliphatic heterocycles. The topological polar surface area (TPSA) is 55.1 Å². The van der Waals surface area contributed by atoms with Gasteiger partial charge >= 0.3 is 0 Å². The maximum atomic E-state index is 12.3. The molecule has 0 aromatic heterocycles. The summed E-state index contributed by atoms with van der Waals surface area (Å²) in [7, 11) is 0. The van der Waals surface area contributed by atoms with E-state index in [-0.39, 0.29) is 11.9 Å². The molecular formula is C17H22N2O. The van der Waals surface area contributed by atoms with Gasteiger partial charge in [0.1, 0.15) is 0 Å². The lowest BCUT2D eigenvalue weighted by molar-refractivity contribution is 0.0936. The molecule has 3 heteroatoms. The van der Waals surface area contributed by atoms with Crippen molar-refractivity contribution >= 4 is 5.91 Å². The van der Waals surface area contributed by atoms with Gasteiger partial charge in [-0.05, 0) is 42.9 Å². The molecule has 3 nitrogen and oxygen atoms in total. The Hall–Kier alpha value is -1.79. The van der Waals surface area contributed by atoms with Gasteiger partial charge in [-0.2, -0.15) is 0 Å². The van der Waals surface area contributed by atoms with Crippen molar-refractivity contribution in [3.63, 3.8) is 0 Å².